The zero-order chi connectivity index (χ0) is 28.2. The van der Waals surface area contributed by atoms with Gasteiger partial charge in [0.2, 0.25) is 5.91 Å². The van der Waals surface area contributed by atoms with Crippen molar-refractivity contribution in [3.05, 3.63) is 74.2 Å². The maximum absolute atomic E-state index is 13.1. The molecule has 0 unspecified atom stereocenters. The zero-order valence-corrected chi connectivity index (χ0v) is 25.5. The summed E-state index contributed by atoms with van der Waals surface area (Å²) in [7, 11) is 0. The Morgan fingerprint density at radius 1 is 1.07 bits per heavy atom. The van der Waals surface area contributed by atoms with Gasteiger partial charge in [0, 0.05) is 13.1 Å². The number of hydrogen-bond acceptors (Lipinski definition) is 6. The minimum atomic E-state index is -0.446. The molecule has 2 heterocycles. The van der Waals surface area contributed by atoms with Crippen molar-refractivity contribution < 1.29 is 23.9 Å². The molecule has 40 heavy (non-hydrogen) atoms. The largest absolute Gasteiger partial charge is 0.490 e. The molecule has 0 radical (unpaired) electrons. The van der Waals surface area contributed by atoms with E-state index in [1.807, 2.05) is 37.3 Å². The van der Waals surface area contributed by atoms with Gasteiger partial charge in [-0.3, -0.25) is 19.3 Å². The van der Waals surface area contributed by atoms with Crippen LogP contribution in [0.25, 0.3) is 16.8 Å². The monoisotopic (exact) mass is 670 g/mol. The van der Waals surface area contributed by atoms with Crippen LogP contribution in [0.3, 0.4) is 0 Å². The summed E-state index contributed by atoms with van der Waals surface area (Å²) >= 11 is 3.06. The van der Waals surface area contributed by atoms with Crippen molar-refractivity contribution in [3.63, 3.8) is 0 Å². The van der Waals surface area contributed by atoms with Crippen molar-refractivity contribution in [2.24, 2.45) is 5.92 Å². The topological polar surface area (TPSA) is 76.2 Å². The van der Waals surface area contributed by atoms with Crippen molar-refractivity contribution in [3.8, 4) is 11.5 Å². The number of carbonyl (C=O) groups is 3. The summed E-state index contributed by atoms with van der Waals surface area (Å²) in [6.07, 6.45) is 3.56. The number of carbonyl (C=O) groups excluding carboxylic acids is 3. The van der Waals surface area contributed by atoms with E-state index in [-0.39, 0.29) is 17.4 Å². The van der Waals surface area contributed by atoms with Crippen LogP contribution in [0.4, 0.5) is 4.79 Å². The second kappa shape index (κ2) is 12.6. The summed E-state index contributed by atoms with van der Waals surface area (Å²) in [4.78, 5) is 41.6. The Morgan fingerprint density at radius 2 is 1.82 bits per heavy atom. The second-order valence-electron chi connectivity index (χ2n) is 10.0. The number of likely N-dealkylation sites (tertiary alicyclic amines) is 1. The highest BCUT2D eigenvalue weighted by Crippen LogP contribution is 2.38. The minimum Gasteiger partial charge on any atom is -0.490 e. The molecule has 0 spiro atoms. The standard InChI is InChI=1S/C31H31IN2O5S/c1-3-38-26-16-21(15-25(32)29(26)39-19-23-9-6-8-22-7-4-5-10-24(22)23)17-27-30(36)34(31(37)40-27)18-28(35)33-13-11-20(2)12-14-33/h4-10,15-17,20H,3,11-14,18-19H2,1-2H3/b27-17+. The van der Waals surface area contributed by atoms with Crippen molar-refractivity contribution >= 4 is 68.3 Å². The Balaban J connectivity index is 1.32. The van der Waals surface area contributed by atoms with E-state index in [0.717, 1.165) is 49.4 Å². The van der Waals surface area contributed by atoms with E-state index in [2.05, 4.69) is 53.8 Å². The number of imide groups is 1. The van der Waals surface area contributed by atoms with Crippen LogP contribution in [0.1, 0.15) is 37.8 Å². The maximum Gasteiger partial charge on any atom is 0.294 e. The van der Waals surface area contributed by atoms with Gasteiger partial charge in [0.1, 0.15) is 13.2 Å². The minimum absolute atomic E-state index is 0.184. The van der Waals surface area contributed by atoms with Gasteiger partial charge in [-0.25, -0.2) is 0 Å². The first-order valence-corrected chi connectivity index (χ1v) is 15.3. The average Bonchev–Trinajstić information content (AvgIpc) is 3.20. The number of hydrogen-bond donors (Lipinski definition) is 0. The van der Waals surface area contributed by atoms with Crippen molar-refractivity contribution in [1.82, 2.24) is 9.80 Å². The number of rotatable bonds is 8. The van der Waals surface area contributed by atoms with E-state index < -0.39 is 11.1 Å². The number of amides is 3. The molecule has 2 aliphatic heterocycles. The molecule has 0 aromatic heterocycles. The quantitative estimate of drug-likeness (QED) is 0.196. The average molecular weight is 671 g/mol. The molecule has 2 saturated heterocycles. The lowest BCUT2D eigenvalue weighted by Gasteiger charge is -2.31. The van der Waals surface area contributed by atoms with Crippen molar-refractivity contribution in [2.75, 3.05) is 26.2 Å². The first-order chi connectivity index (χ1) is 19.3. The number of thioether (sulfide) groups is 1. The smallest absolute Gasteiger partial charge is 0.294 e. The van der Waals surface area contributed by atoms with E-state index in [1.165, 1.54) is 0 Å². The van der Waals surface area contributed by atoms with E-state index in [1.54, 1.807) is 11.0 Å². The third kappa shape index (κ3) is 6.30. The summed E-state index contributed by atoms with van der Waals surface area (Å²) in [6.45, 7) is 6.00. The van der Waals surface area contributed by atoms with E-state index in [0.29, 0.717) is 49.3 Å². The van der Waals surface area contributed by atoms with Gasteiger partial charge in [0.15, 0.2) is 11.5 Å². The predicted molar refractivity (Wildman–Crippen MR) is 166 cm³/mol. The molecule has 3 amide bonds. The summed E-state index contributed by atoms with van der Waals surface area (Å²) in [5.41, 5.74) is 1.79. The number of ether oxygens (including phenoxy) is 2. The second-order valence-corrected chi connectivity index (χ2v) is 12.2. The fourth-order valence-corrected chi connectivity index (χ4v) is 6.54. The number of piperidine rings is 1. The first kappa shape index (κ1) is 28.5. The number of fused-ring (bicyclic) bond motifs is 1. The van der Waals surface area contributed by atoms with Gasteiger partial charge >= 0.3 is 0 Å². The van der Waals surface area contributed by atoms with Crippen molar-refractivity contribution in [1.29, 1.82) is 0 Å². The van der Waals surface area contributed by atoms with E-state index >= 15 is 0 Å². The fourth-order valence-electron chi connectivity index (χ4n) is 4.92. The van der Waals surface area contributed by atoms with Gasteiger partial charge in [0.05, 0.1) is 15.1 Å². The van der Waals surface area contributed by atoms with Crippen LogP contribution in [0.15, 0.2) is 59.5 Å². The highest BCUT2D eigenvalue weighted by molar-refractivity contribution is 14.1. The predicted octanol–water partition coefficient (Wildman–Crippen LogP) is 6.72. The summed E-state index contributed by atoms with van der Waals surface area (Å²) in [6, 6.07) is 18.1. The van der Waals surface area contributed by atoms with Gasteiger partial charge in [-0.2, -0.15) is 0 Å². The van der Waals surface area contributed by atoms with Gasteiger partial charge < -0.3 is 14.4 Å². The summed E-state index contributed by atoms with van der Waals surface area (Å²) in [5.74, 6) is 1.15. The Bertz CT molecular complexity index is 1480. The van der Waals surface area contributed by atoms with Gasteiger partial charge in [-0.15, -0.1) is 0 Å². The van der Waals surface area contributed by atoms with E-state index in [4.69, 9.17) is 9.47 Å². The number of halogens is 1. The Kier molecular flexibility index (Phi) is 9.00. The Morgan fingerprint density at radius 3 is 2.60 bits per heavy atom. The first-order valence-electron chi connectivity index (χ1n) is 13.4. The molecule has 0 bridgehead atoms. The molecule has 9 heteroatoms. The highest BCUT2D eigenvalue weighted by Gasteiger charge is 2.37. The molecule has 0 atom stereocenters. The SMILES string of the molecule is CCOc1cc(/C=C2/SC(=O)N(CC(=O)N3CCC(C)CC3)C2=O)cc(I)c1OCc1cccc2ccccc12. The molecular formula is C31H31IN2O5S. The molecule has 0 N–H and O–H groups in total. The molecule has 3 aromatic carbocycles. The lowest BCUT2D eigenvalue weighted by Crippen LogP contribution is -2.45. The molecule has 7 nitrogen and oxygen atoms in total. The van der Waals surface area contributed by atoms with Crippen LogP contribution in [-0.2, 0) is 16.2 Å². The Labute approximate surface area is 252 Å². The molecule has 2 fully saturated rings. The summed E-state index contributed by atoms with van der Waals surface area (Å²) < 4.78 is 13.0. The number of nitrogens with zero attached hydrogens (tertiary/aromatic N) is 2. The Hall–Kier alpha value is -3.05. The van der Waals surface area contributed by atoms with E-state index in [9.17, 15) is 14.4 Å². The van der Waals surface area contributed by atoms with Crippen LogP contribution in [0.5, 0.6) is 11.5 Å². The van der Waals surface area contributed by atoms with Crippen LogP contribution >= 0.6 is 34.4 Å². The highest BCUT2D eigenvalue weighted by atomic mass is 127. The zero-order valence-electron chi connectivity index (χ0n) is 22.5. The van der Waals surface area contributed by atoms with Gasteiger partial charge in [-0.1, -0.05) is 49.4 Å². The van der Waals surface area contributed by atoms with Crippen molar-refractivity contribution in [2.45, 2.75) is 33.3 Å². The molecule has 0 saturated carbocycles. The molecular weight excluding hydrogens is 639 g/mol. The van der Waals surface area contributed by atoms with Crippen LogP contribution < -0.4 is 9.47 Å². The molecule has 5 rings (SSSR count). The lowest BCUT2D eigenvalue weighted by molar-refractivity contribution is -0.136. The summed E-state index contributed by atoms with van der Waals surface area (Å²) in [5, 5.41) is 1.86. The molecule has 0 aliphatic carbocycles. The molecule has 2 aliphatic rings. The van der Waals surface area contributed by atoms with Gasteiger partial charge in [-0.05, 0) is 100 Å². The maximum atomic E-state index is 13.1. The third-order valence-electron chi connectivity index (χ3n) is 7.18. The lowest BCUT2D eigenvalue weighted by atomic mass is 9.99. The normalized spacial score (nSPS) is 17.2. The van der Waals surface area contributed by atoms with Gasteiger partial charge in [0.25, 0.3) is 11.1 Å². The molecule has 3 aromatic rings. The fraction of sp³-hybridized carbons (Fsp3) is 0.323. The number of benzene rings is 3. The van der Waals surface area contributed by atoms with Crippen LogP contribution in [-0.4, -0.2) is 53.1 Å². The molecule has 208 valence electrons. The van der Waals surface area contributed by atoms with Crippen LogP contribution in [0, 0.1) is 9.49 Å². The van der Waals surface area contributed by atoms with Crippen LogP contribution in [0.2, 0.25) is 0 Å². The third-order valence-corrected chi connectivity index (χ3v) is 8.89.